The van der Waals surface area contributed by atoms with Gasteiger partial charge in [0.2, 0.25) is 5.78 Å². The number of H-pyrrole nitrogens is 2. The Kier molecular flexibility index (Phi) is 3.88. The maximum atomic E-state index is 13.0. The van der Waals surface area contributed by atoms with Crippen LogP contribution in [0.4, 0.5) is 5.69 Å². The molecule has 0 aliphatic carbocycles. The number of carbonyl (C=O) groups is 2. The standard InChI is InChI=1S/C21H17N3O3/c1-12-7-9-13(10-8-12)11-15-18(22-23-20(15)26)17-19(25)14-5-3-4-6-16(14)24(2)21(17)27/h3-11,22H,1-2H3,(H,23,26). The number of aromatic nitrogens is 2. The van der Waals surface area contributed by atoms with Crippen molar-refractivity contribution in [1.29, 1.82) is 0 Å². The molecule has 6 nitrogen and oxygen atoms in total. The highest BCUT2D eigenvalue weighted by atomic mass is 16.2. The van der Waals surface area contributed by atoms with Crippen molar-refractivity contribution >= 4 is 29.0 Å². The third-order valence-electron chi connectivity index (χ3n) is 4.71. The largest absolute Gasteiger partial charge is 0.310 e. The number of hydrogen-bond donors (Lipinski definition) is 2. The first-order valence-electron chi connectivity index (χ1n) is 8.48. The summed E-state index contributed by atoms with van der Waals surface area (Å²) in [6.07, 6.45) is 1.66. The van der Waals surface area contributed by atoms with Crippen LogP contribution in [0.3, 0.4) is 0 Å². The zero-order chi connectivity index (χ0) is 19.1. The number of amides is 1. The molecule has 1 aliphatic rings. The topological polar surface area (TPSA) is 86.0 Å². The smallest absolute Gasteiger partial charge is 0.271 e. The zero-order valence-electron chi connectivity index (χ0n) is 14.9. The summed E-state index contributed by atoms with van der Waals surface area (Å²) < 4.78 is 0. The number of anilines is 1. The Balaban J connectivity index is 2.03. The third-order valence-corrected chi connectivity index (χ3v) is 4.71. The van der Waals surface area contributed by atoms with Crippen molar-refractivity contribution in [3.63, 3.8) is 0 Å². The van der Waals surface area contributed by atoms with E-state index in [0.717, 1.165) is 11.1 Å². The van der Waals surface area contributed by atoms with E-state index in [-0.39, 0.29) is 21.7 Å². The lowest BCUT2D eigenvalue weighted by Crippen LogP contribution is -2.44. The molecule has 0 saturated heterocycles. The Morgan fingerprint density at radius 2 is 1.63 bits per heavy atom. The molecule has 2 N–H and O–H groups in total. The monoisotopic (exact) mass is 359 g/mol. The van der Waals surface area contributed by atoms with Crippen molar-refractivity contribution in [2.45, 2.75) is 6.92 Å². The highest BCUT2D eigenvalue weighted by Crippen LogP contribution is 2.28. The highest BCUT2D eigenvalue weighted by Gasteiger charge is 2.33. The maximum Gasteiger partial charge on any atom is 0.271 e. The quantitative estimate of drug-likeness (QED) is 0.675. The molecular weight excluding hydrogens is 342 g/mol. The summed E-state index contributed by atoms with van der Waals surface area (Å²) >= 11 is 0. The Labute approximate surface area is 154 Å². The number of Topliss-reactive ketones (excluding diaryl/α,β-unsaturated/α-hetero) is 1. The Morgan fingerprint density at radius 3 is 2.37 bits per heavy atom. The van der Waals surface area contributed by atoms with Gasteiger partial charge in [-0.15, -0.1) is 0 Å². The van der Waals surface area contributed by atoms with Crippen LogP contribution in [0.1, 0.15) is 21.5 Å². The highest BCUT2D eigenvalue weighted by molar-refractivity contribution is 6.51. The van der Waals surface area contributed by atoms with E-state index in [1.807, 2.05) is 31.2 Å². The second-order valence-electron chi connectivity index (χ2n) is 6.51. The van der Waals surface area contributed by atoms with E-state index in [1.54, 1.807) is 37.4 Å². The molecule has 0 bridgehead atoms. The average molecular weight is 359 g/mol. The fourth-order valence-electron chi connectivity index (χ4n) is 3.22. The van der Waals surface area contributed by atoms with E-state index >= 15 is 0 Å². The van der Waals surface area contributed by atoms with Gasteiger partial charge >= 0.3 is 0 Å². The van der Waals surface area contributed by atoms with Gasteiger partial charge in [-0.3, -0.25) is 24.6 Å². The number of benzene rings is 2. The summed E-state index contributed by atoms with van der Waals surface area (Å²) in [5.41, 5.74) is 2.45. The molecule has 0 fully saturated rings. The summed E-state index contributed by atoms with van der Waals surface area (Å²) in [5.74, 6) is -0.852. The minimum atomic E-state index is -0.451. The molecule has 134 valence electrons. The van der Waals surface area contributed by atoms with E-state index < -0.39 is 11.7 Å². The second-order valence-corrected chi connectivity index (χ2v) is 6.51. The molecule has 1 amide bonds. The predicted molar refractivity (Wildman–Crippen MR) is 103 cm³/mol. The van der Waals surface area contributed by atoms with Gasteiger partial charge < -0.3 is 4.90 Å². The van der Waals surface area contributed by atoms with Crippen LogP contribution >= 0.6 is 0 Å². The molecule has 1 aromatic heterocycles. The Hall–Kier alpha value is -3.67. The summed E-state index contributed by atoms with van der Waals surface area (Å²) in [5, 5.41) is 5.66. The van der Waals surface area contributed by atoms with Crippen LogP contribution in [-0.2, 0) is 4.79 Å². The van der Waals surface area contributed by atoms with Crippen LogP contribution < -0.4 is 21.0 Å². The number of rotatable bonds is 1. The van der Waals surface area contributed by atoms with Gasteiger partial charge in [0, 0.05) is 12.6 Å². The van der Waals surface area contributed by atoms with Crippen molar-refractivity contribution in [2.24, 2.45) is 0 Å². The fourth-order valence-corrected chi connectivity index (χ4v) is 3.22. The number of para-hydroxylation sites is 1. The second kappa shape index (κ2) is 6.25. The van der Waals surface area contributed by atoms with Gasteiger partial charge in [-0.25, -0.2) is 0 Å². The Bertz CT molecular complexity index is 1250. The molecule has 0 saturated carbocycles. The number of nitrogens with zero attached hydrogens (tertiary/aromatic N) is 1. The Morgan fingerprint density at radius 1 is 0.926 bits per heavy atom. The van der Waals surface area contributed by atoms with Gasteiger partial charge in [0.1, 0.15) is 5.57 Å². The van der Waals surface area contributed by atoms with Crippen molar-refractivity contribution in [3.8, 4) is 0 Å². The lowest BCUT2D eigenvalue weighted by atomic mass is 9.95. The van der Waals surface area contributed by atoms with Crippen molar-refractivity contribution in [1.82, 2.24) is 10.2 Å². The van der Waals surface area contributed by atoms with E-state index in [0.29, 0.717) is 11.3 Å². The molecule has 1 aliphatic heterocycles. The summed E-state index contributed by atoms with van der Waals surface area (Å²) in [7, 11) is 1.61. The van der Waals surface area contributed by atoms with Crippen LogP contribution in [0.5, 0.6) is 0 Å². The fraction of sp³-hybridized carbons (Fsp3) is 0.0952. The van der Waals surface area contributed by atoms with Gasteiger partial charge in [0.25, 0.3) is 11.5 Å². The predicted octanol–water partition coefficient (Wildman–Crippen LogP) is 0.850. The molecule has 2 aromatic carbocycles. The molecule has 4 rings (SSSR count). The van der Waals surface area contributed by atoms with E-state index in [1.165, 1.54) is 4.90 Å². The average Bonchev–Trinajstić information content (AvgIpc) is 3.02. The van der Waals surface area contributed by atoms with Crippen molar-refractivity contribution in [3.05, 3.63) is 86.1 Å². The van der Waals surface area contributed by atoms with Gasteiger partial charge in [0.15, 0.2) is 0 Å². The number of aryl methyl sites for hydroxylation is 1. The molecule has 27 heavy (non-hydrogen) atoms. The van der Waals surface area contributed by atoms with Gasteiger partial charge in [-0.05, 0) is 30.7 Å². The first kappa shape index (κ1) is 16.8. The summed E-state index contributed by atoms with van der Waals surface area (Å²) in [6, 6.07) is 14.5. The van der Waals surface area contributed by atoms with Crippen LogP contribution in [0.2, 0.25) is 0 Å². The first-order valence-corrected chi connectivity index (χ1v) is 8.48. The van der Waals surface area contributed by atoms with Crippen LogP contribution in [0, 0.1) is 6.92 Å². The zero-order valence-corrected chi connectivity index (χ0v) is 14.9. The molecule has 2 heterocycles. The van der Waals surface area contributed by atoms with Crippen LogP contribution in [-0.4, -0.2) is 28.9 Å². The minimum Gasteiger partial charge on any atom is -0.310 e. The third kappa shape index (κ3) is 2.71. The first-order chi connectivity index (χ1) is 13.0. The van der Waals surface area contributed by atoms with Crippen molar-refractivity contribution < 1.29 is 9.59 Å². The molecule has 6 heteroatoms. The molecule has 0 unspecified atom stereocenters. The number of aromatic amines is 2. The lowest BCUT2D eigenvalue weighted by Gasteiger charge is -2.25. The number of nitrogens with one attached hydrogen (secondary N) is 2. The molecule has 0 radical (unpaired) electrons. The van der Waals surface area contributed by atoms with E-state index in [4.69, 9.17) is 0 Å². The van der Waals surface area contributed by atoms with Crippen molar-refractivity contribution in [2.75, 3.05) is 11.9 Å². The molecule has 3 aromatic rings. The van der Waals surface area contributed by atoms with Gasteiger partial charge in [0.05, 0.1) is 16.3 Å². The SMILES string of the molecule is Cc1ccc(C=c2c(=O)[nH][nH]c2=C2C(=O)c3ccccc3N(C)C2=O)cc1. The van der Waals surface area contributed by atoms with Gasteiger partial charge in [-0.1, -0.05) is 42.0 Å². The van der Waals surface area contributed by atoms with E-state index in [9.17, 15) is 14.4 Å². The molecular formula is C21H17N3O3. The normalized spacial score (nSPS) is 16.7. The summed E-state index contributed by atoms with van der Waals surface area (Å²) in [4.78, 5) is 39.6. The number of fused-ring (bicyclic) bond motifs is 1. The van der Waals surface area contributed by atoms with E-state index in [2.05, 4.69) is 10.2 Å². The van der Waals surface area contributed by atoms with Crippen LogP contribution in [0.15, 0.2) is 53.3 Å². The van der Waals surface area contributed by atoms with Crippen LogP contribution in [0.25, 0.3) is 11.6 Å². The molecule has 0 atom stereocenters. The number of hydrogen-bond acceptors (Lipinski definition) is 3. The lowest BCUT2D eigenvalue weighted by molar-refractivity contribution is -0.113. The minimum absolute atomic E-state index is 0.0482. The summed E-state index contributed by atoms with van der Waals surface area (Å²) in [6.45, 7) is 1.97. The number of carbonyl (C=O) groups excluding carboxylic acids is 2. The number of ketones is 1. The molecule has 0 spiro atoms. The van der Waals surface area contributed by atoms with Gasteiger partial charge in [-0.2, -0.15) is 0 Å². The maximum absolute atomic E-state index is 13.0.